The molecule has 0 rings (SSSR count). The second-order valence-corrected chi connectivity index (χ2v) is 3.43. The van der Waals surface area contributed by atoms with Crippen molar-refractivity contribution < 1.29 is 14.7 Å². The van der Waals surface area contributed by atoms with E-state index in [1.54, 1.807) is 0 Å². The van der Waals surface area contributed by atoms with Gasteiger partial charge in [0, 0.05) is 13.3 Å². The van der Waals surface area contributed by atoms with E-state index in [1.807, 2.05) is 0 Å². The topological polar surface area (TPSA) is 66.4 Å². The number of carbonyl (C=O) groups is 2. The lowest BCUT2D eigenvalue weighted by molar-refractivity contribution is -0.141. The highest BCUT2D eigenvalue weighted by atomic mass is 79.9. The van der Waals surface area contributed by atoms with Crippen LogP contribution in [-0.4, -0.2) is 23.0 Å². The highest BCUT2D eigenvalue weighted by Gasteiger charge is 2.18. The van der Waals surface area contributed by atoms with Gasteiger partial charge < -0.3 is 10.4 Å². The van der Waals surface area contributed by atoms with E-state index in [9.17, 15) is 9.59 Å². The van der Waals surface area contributed by atoms with Crippen molar-refractivity contribution in [1.82, 2.24) is 5.32 Å². The number of amides is 1. The van der Waals surface area contributed by atoms with Crippen molar-refractivity contribution in [3.8, 4) is 0 Å². The lowest BCUT2D eigenvalue weighted by Gasteiger charge is -2.11. The van der Waals surface area contributed by atoms with Crippen LogP contribution in [0.5, 0.6) is 0 Å². The molecule has 0 aliphatic heterocycles. The zero-order valence-corrected chi connectivity index (χ0v) is 8.22. The maximum atomic E-state index is 10.5. The predicted molar refractivity (Wildman–Crippen MR) is 47.9 cm³/mol. The Hall–Kier alpha value is -0.840. The summed E-state index contributed by atoms with van der Waals surface area (Å²) < 4.78 is 0.545. The summed E-state index contributed by atoms with van der Waals surface area (Å²) in [6.07, 6.45) is 0.189. The van der Waals surface area contributed by atoms with Crippen molar-refractivity contribution in [3.05, 3.63) is 11.1 Å². The minimum Gasteiger partial charge on any atom is -0.480 e. The number of carboxylic acids is 1. The zero-order chi connectivity index (χ0) is 9.72. The van der Waals surface area contributed by atoms with Crippen LogP contribution >= 0.6 is 15.9 Å². The number of hydrogen-bond donors (Lipinski definition) is 2. The second-order valence-electron chi connectivity index (χ2n) is 2.31. The molecular formula is C7H10BrNO3. The molecule has 2 N–H and O–H groups in total. The summed E-state index contributed by atoms with van der Waals surface area (Å²) in [6.45, 7) is 4.76. The first kappa shape index (κ1) is 11.2. The van der Waals surface area contributed by atoms with Crippen molar-refractivity contribution >= 4 is 27.8 Å². The highest BCUT2D eigenvalue weighted by Crippen LogP contribution is 2.09. The average Bonchev–Trinajstić information content (AvgIpc) is 1.83. The van der Waals surface area contributed by atoms with Gasteiger partial charge in [-0.15, -0.1) is 0 Å². The van der Waals surface area contributed by atoms with Crippen molar-refractivity contribution in [3.63, 3.8) is 0 Å². The molecule has 12 heavy (non-hydrogen) atoms. The largest absolute Gasteiger partial charge is 0.480 e. The first-order chi connectivity index (χ1) is 5.43. The Morgan fingerprint density at radius 1 is 1.67 bits per heavy atom. The Morgan fingerprint density at radius 3 is 2.42 bits per heavy atom. The molecule has 68 valence electrons. The molecule has 0 fully saturated rings. The normalized spacial score (nSPS) is 11.8. The van der Waals surface area contributed by atoms with Crippen LogP contribution in [0.3, 0.4) is 0 Å². The van der Waals surface area contributed by atoms with Crippen LogP contribution in [0, 0.1) is 0 Å². The van der Waals surface area contributed by atoms with Gasteiger partial charge in [-0.2, -0.15) is 0 Å². The summed E-state index contributed by atoms with van der Waals surface area (Å²) >= 11 is 3.02. The molecule has 0 saturated carbocycles. The van der Waals surface area contributed by atoms with Crippen LogP contribution in [0.2, 0.25) is 0 Å². The molecule has 0 aliphatic rings. The number of aliphatic carboxylic acids is 1. The van der Waals surface area contributed by atoms with E-state index >= 15 is 0 Å². The Kier molecular flexibility index (Phi) is 4.58. The van der Waals surface area contributed by atoms with E-state index < -0.39 is 12.0 Å². The van der Waals surface area contributed by atoms with Gasteiger partial charge in [0.25, 0.3) is 0 Å². The van der Waals surface area contributed by atoms with Crippen LogP contribution in [0.25, 0.3) is 0 Å². The van der Waals surface area contributed by atoms with Gasteiger partial charge in [-0.3, -0.25) is 4.79 Å². The van der Waals surface area contributed by atoms with Crippen LogP contribution in [0.4, 0.5) is 0 Å². The minimum absolute atomic E-state index is 0.189. The third-order valence-corrected chi connectivity index (χ3v) is 1.42. The van der Waals surface area contributed by atoms with Gasteiger partial charge in [-0.05, 0) is 4.48 Å². The van der Waals surface area contributed by atoms with Gasteiger partial charge in [0.15, 0.2) is 0 Å². The fraction of sp³-hybridized carbons (Fsp3) is 0.429. The van der Waals surface area contributed by atoms with E-state index in [4.69, 9.17) is 5.11 Å². The van der Waals surface area contributed by atoms with Gasteiger partial charge in [-0.1, -0.05) is 22.5 Å². The molecule has 0 aromatic carbocycles. The van der Waals surface area contributed by atoms with Gasteiger partial charge in [-0.25, -0.2) is 4.79 Å². The third-order valence-electron chi connectivity index (χ3n) is 1.10. The molecule has 0 radical (unpaired) electrons. The molecule has 0 aliphatic carbocycles. The number of hydrogen-bond acceptors (Lipinski definition) is 2. The Morgan fingerprint density at radius 2 is 2.17 bits per heavy atom. The third kappa shape index (κ3) is 4.90. The lowest BCUT2D eigenvalue weighted by atomic mass is 10.2. The Balaban J connectivity index is 4.14. The highest BCUT2D eigenvalue weighted by molar-refractivity contribution is 9.11. The summed E-state index contributed by atoms with van der Waals surface area (Å²) in [5.74, 6) is -1.43. The molecule has 0 unspecified atom stereocenters. The Bertz CT molecular complexity index is 199. The molecule has 1 amide bonds. The molecule has 5 heteroatoms. The number of carbonyl (C=O) groups excluding carboxylic acids is 1. The molecule has 4 nitrogen and oxygen atoms in total. The monoisotopic (exact) mass is 235 g/mol. The molecule has 0 bridgehead atoms. The number of nitrogens with one attached hydrogen (secondary N) is 1. The summed E-state index contributed by atoms with van der Waals surface area (Å²) in [4.78, 5) is 21.0. The van der Waals surface area contributed by atoms with Crippen molar-refractivity contribution in [1.29, 1.82) is 0 Å². The molecule has 0 aromatic rings. The van der Waals surface area contributed by atoms with Crippen LogP contribution in [0.1, 0.15) is 13.3 Å². The van der Waals surface area contributed by atoms with Gasteiger partial charge >= 0.3 is 5.97 Å². The predicted octanol–water partition coefficient (Wildman–Crippen LogP) is 0.874. The van der Waals surface area contributed by atoms with E-state index in [1.165, 1.54) is 6.92 Å². The quantitative estimate of drug-likeness (QED) is 0.761. The van der Waals surface area contributed by atoms with Gasteiger partial charge in [0.05, 0.1) is 0 Å². The van der Waals surface area contributed by atoms with Crippen LogP contribution in [0.15, 0.2) is 11.1 Å². The smallest absolute Gasteiger partial charge is 0.326 e. The standard InChI is InChI=1S/C7H10BrNO3/c1-4(8)3-6(7(11)12)9-5(2)10/h6H,1,3H2,2H3,(H,9,10)(H,11,12)/t6-/m0/s1. The van der Waals surface area contributed by atoms with Gasteiger partial charge in [0.1, 0.15) is 6.04 Å². The van der Waals surface area contributed by atoms with Crippen molar-refractivity contribution in [2.24, 2.45) is 0 Å². The first-order valence-corrected chi connectivity index (χ1v) is 4.06. The maximum absolute atomic E-state index is 10.5. The molecule has 0 aromatic heterocycles. The van der Waals surface area contributed by atoms with E-state index in [0.717, 1.165) is 0 Å². The summed E-state index contributed by atoms with van der Waals surface area (Å²) in [5, 5.41) is 10.9. The maximum Gasteiger partial charge on any atom is 0.326 e. The fourth-order valence-corrected chi connectivity index (χ4v) is 0.991. The number of carboxylic acid groups (broad SMARTS) is 1. The number of rotatable bonds is 4. The summed E-state index contributed by atoms with van der Waals surface area (Å²) in [7, 11) is 0. The van der Waals surface area contributed by atoms with Crippen molar-refractivity contribution in [2.45, 2.75) is 19.4 Å². The van der Waals surface area contributed by atoms with Crippen LogP contribution < -0.4 is 5.32 Å². The lowest BCUT2D eigenvalue weighted by Crippen LogP contribution is -2.39. The molecule has 0 heterocycles. The SMILES string of the molecule is C=C(Br)C[C@H](NC(C)=O)C(=O)O. The number of halogens is 1. The zero-order valence-electron chi connectivity index (χ0n) is 6.63. The molecule has 1 atom stereocenters. The van der Waals surface area contributed by atoms with E-state index in [0.29, 0.717) is 4.48 Å². The first-order valence-electron chi connectivity index (χ1n) is 3.26. The van der Waals surface area contributed by atoms with Crippen LogP contribution in [-0.2, 0) is 9.59 Å². The Labute approximate surface area is 78.8 Å². The summed E-state index contributed by atoms with van der Waals surface area (Å²) in [5.41, 5.74) is 0. The fourth-order valence-electron chi connectivity index (χ4n) is 0.667. The molecular weight excluding hydrogens is 226 g/mol. The molecule has 0 spiro atoms. The molecule has 0 saturated heterocycles. The van der Waals surface area contributed by atoms with Crippen molar-refractivity contribution in [2.75, 3.05) is 0 Å². The summed E-state index contributed by atoms with van der Waals surface area (Å²) in [6, 6.07) is -0.894. The van der Waals surface area contributed by atoms with Gasteiger partial charge in [0.2, 0.25) is 5.91 Å². The minimum atomic E-state index is -1.06. The average molecular weight is 236 g/mol. The second kappa shape index (κ2) is 4.92. The van der Waals surface area contributed by atoms with E-state index in [2.05, 4.69) is 27.8 Å². The van der Waals surface area contributed by atoms with E-state index in [-0.39, 0.29) is 12.3 Å².